The molecule has 9 nitrogen and oxygen atoms in total. The Labute approximate surface area is 178 Å². The summed E-state index contributed by atoms with van der Waals surface area (Å²) in [6.45, 7) is 0.0774. The zero-order valence-electron chi connectivity index (χ0n) is 17.3. The molecule has 2 aliphatic rings. The number of rotatable bonds is 5. The maximum absolute atomic E-state index is 12.7. The van der Waals surface area contributed by atoms with Crippen LogP contribution in [0.3, 0.4) is 0 Å². The van der Waals surface area contributed by atoms with Gasteiger partial charge in [-0.15, -0.1) is 0 Å². The Morgan fingerprint density at radius 2 is 1.84 bits per heavy atom. The van der Waals surface area contributed by atoms with Crippen LogP contribution in [-0.4, -0.2) is 43.6 Å². The van der Waals surface area contributed by atoms with E-state index in [-0.39, 0.29) is 25.0 Å². The highest BCUT2D eigenvalue weighted by Crippen LogP contribution is 2.53. The number of methoxy groups -OCH3 is 3. The molecule has 1 atom stereocenters. The number of carbonyl (C=O) groups is 1. The van der Waals surface area contributed by atoms with E-state index in [2.05, 4.69) is 10.3 Å². The number of anilines is 1. The summed E-state index contributed by atoms with van der Waals surface area (Å²) in [5.74, 6) is 2.89. The fraction of sp³-hybridized carbons (Fsp3) is 0.273. The average Bonchev–Trinajstić information content (AvgIpc) is 3.45. The number of hydrogen-bond donors (Lipinski definition) is 1. The van der Waals surface area contributed by atoms with Crippen LogP contribution in [0.5, 0.6) is 28.7 Å². The first kappa shape index (κ1) is 19.1. The normalized spacial score (nSPS) is 16.5. The number of nitrogens with one attached hydrogen (secondary N) is 1. The van der Waals surface area contributed by atoms with E-state index in [1.165, 1.54) is 0 Å². The van der Waals surface area contributed by atoms with Crippen LogP contribution in [0.4, 0.5) is 5.82 Å². The Kier molecular flexibility index (Phi) is 4.58. The Balaban J connectivity index is 1.64. The van der Waals surface area contributed by atoms with Crippen molar-refractivity contribution in [1.29, 1.82) is 0 Å². The van der Waals surface area contributed by atoms with E-state index in [4.69, 9.17) is 23.7 Å². The molecule has 2 aromatic carbocycles. The molecule has 0 bridgehead atoms. The van der Waals surface area contributed by atoms with Crippen LogP contribution in [0.2, 0.25) is 0 Å². The van der Waals surface area contributed by atoms with Crippen LogP contribution < -0.4 is 29.0 Å². The van der Waals surface area contributed by atoms with Gasteiger partial charge < -0.3 is 29.0 Å². The van der Waals surface area contributed by atoms with Crippen LogP contribution in [-0.2, 0) is 4.79 Å². The number of fused-ring (bicyclic) bond motifs is 2. The van der Waals surface area contributed by atoms with E-state index < -0.39 is 0 Å². The summed E-state index contributed by atoms with van der Waals surface area (Å²) in [7, 11) is 4.74. The van der Waals surface area contributed by atoms with E-state index in [0.29, 0.717) is 28.8 Å². The molecule has 0 saturated heterocycles. The zero-order valence-corrected chi connectivity index (χ0v) is 17.3. The summed E-state index contributed by atoms with van der Waals surface area (Å²) in [5.41, 5.74) is 2.33. The van der Waals surface area contributed by atoms with E-state index >= 15 is 0 Å². The number of amides is 1. The number of benzene rings is 2. The minimum Gasteiger partial charge on any atom is -0.497 e. The van der Waals surface area contributed by atoms with Crippen molar-refractivity contribution in [3.8, 4) is 34.4 Å². The second-order valence-electron chi connectivity index (χ2n) is 7.12. The summed E-state index contributed by atoms with van der Waals surface area (Å²) in [4.78, 5) is 17.3. The molecule has 3 aromatic rings. The molecule has 160 valence electrons. The highest BCUT2D eigenvalue weighted by molar-refractivity contribution is 5.94. The smallest absolute Gasteiger partial charge is 0.231 e. The molecule has 0 spiro atoms. The van der Waals surface area contributed by atoms with Crippen molar-refractivity contribution in [2.45, 2.75) is 12.3 Å². The summed E-state index contributed by atoms with van der Waals surface area (Å²) in [6, 6.07) is 9.35. The SMILES string of the molecule is COc1ccc(-n2cnc3c2NC(=O)CC3c2cc(OC)c3c(c2OC)OCO3)cc1. The molecular formula is C22H21N3O6. The third-order valence-electron chi connectivity index (χ3n) is 5.51. The van der Waals surface area contributed by atoms with Crippen LogP contribution in [0.15, 0.2) is 36.7 Å². The fourth-order valence-corrected chi connectivity index (χ4v) is 4.06. The molecule has 3 heterocycles. The predicted octanol–water partition coefficient (Wildman–Crippen LogP) is 3.10. The quantitative estimate of drug-likeness (QED) is 0.674. The van der Waals surface area contributed by atoms with Crippen molar-refractivity contribution >= 4 is 11.7 Å². The van der Waals surface area contributed by atoms with Gasteiger partial charge in [0.1, 0.15) is 17.9 Å². The number of aromatic nitrogens is 2. The van der Waals surface area contributed by atoms with E-state index in [1.807, 2.05) is 34.9 Å². The van der Waals surface area contributed by atoms with E-state index in [0.717, 1.165) is 22.7 Å². The number of imidazole rings is 1. The van der Waals surface area contributed by atoms with Gasteiger partial charge in [0, 0.05) is 23.6 Å². The lowest BCUT2D eigenvalue weighted by Gasteiger charge is -2.25. The monoisotopic (exact) mass is 423 g/mol. The van der Waals surface area contributed by atoms with Gasteiger partial charge in [-0.1, -0.05) is 0 Å². The largest absolute Gasteiger partial charge is 0.497 e. The lowest BCUT2D eigenvalue weighted by atomic mass is 9.88. The third-order valence-corrected chi connectivity index (χ3v) is 5.51. The van der Waals surface area contributed by atoms with Crippen LogP contribution >= 0.6 is 0 Å². The van der Waals surface area contributed by atoms with E-state index in [9.17, 15) is 4.79 Å². The topological polar surface area (TPSA) is 93.1 Å². The molecule has 0 aliphatic carbocycles. The molecule has 9 heteroatoms. The Morgan fingerprint density at radius 1 is 1.06 bits per heavy atom. The second-order valence-corrected chi connectivity index (χ2v) is 7.12. The minimum atomic E-state index is -0.346. The van der Waals surface area contributed by atoms with Crippen molar-refractivity contribution in [3.05, 3.63) is 47.9 Å². The molecule has 2 aliphatic heterocycles. The summed E-state index contributed by atoms with van der Waals surface area (Å²) >= 11 is 0. The molecule has 0 fully saturated rings. The zero-order chi connectivity index (χ0) is 21.5. The fourth-order valence-electron chi connectivity index (χ4n) is 4.06. The Morgan fingerprint density at radius 3 is 2.55 bits per heavy atom. The number of hydrogen-bond acceptors (Lipinski definition) is 7. The molecule has 31 heavy (non-hydrogen) atoms. The third kappa shape index (κ3) is 3.00. The molecule has 0 radical (unpaired) electrons. The molecule has 1 N–H and O–H groups in total. The van der Waals surface area contributed by atoms with Crippen molar-refractivity contribution < 1.29 is 28.5 Å². The van der Waals surface area contributed by atoms with Crippen LogP contribution in [0.1, 0.15) is 23.6 Å². The summed E-state index contributed by atoms with van der Waals surface area (Å²) in [6.07, 6.45) is 1.91. The summed E-state index contributed by atoms with van der Waals surface area (Å²) in [5, 5.41) is 2.96. The highest BCUT2D eigenvalue weighted by Gasteiger charge is 2.36. The van der Waals surface area contributed by atoms with Crippen LogP contribution in [0.25, 0.3) is 5.69 Å². The Hall–Kier alpha value is -3.88. The standard InChI is InChI=1S/C22H21N3O6/c1-27-13-6-4-12(5-7-13)25-10-23-18-14(9-17(26)24-22(18)25)15-8-16(28-2)20-21(19(15)29-3)31-11-30-20/h4-8,10,14H,9,11H2,1-3H3,(H,24,26). The van der Waals surface area contributed by atoms with Gasteiger partial charge in [0.2, 0.25) is 24.2 Å². The van der Waals surface area contributed by atoms with Crippen molar-refractivity contribution in [1.82, 2.24) is 9.55 Å². The van der Waals surface area contributed by atoms with Crippen molar-refractivity contribution in [2.24, 2.45) is 0 Å². The molecule has 0 saturated carbocycles. The van der Waals surface area contributed by atoms with Gasteiger partial charge in [0.15, 0.2) is 11.5 Å². The first-order valence-electron chi connectivity index (χ1n) is 9.70. The van der Waals surface area contributed by atoms with Crippen molar-refractivity contribution in [3.63, 3.8) is 0 Å². The molecule has 1 aromatic heterocycles. The lowest BCUT2D eigenvalue weighted by molar-refractivity contribution is -0.116. The average molecular weight is 423 g/mol. The van der Waals surface area contributed by atoms with Gasteiger partial charge in [0.25, 0.3) is 0 Å². The van der Waals surface area contributed by atoms with Crippen LogP contribution in [0, 0.1) is 0 Å². The maximum atomic E-state index is 12.7. The van der Waals surface area contributed by atoms with Crippen molar-refractivity contribution in [2.75, 3.05) is 33.4 Å². The second kappa shape index (κ2) is 7.42. The number of nitrogens with zero attached hydrogens (tertiary/aromatic N) is 2. The molecular weight excluding hydrogens is 402 g/mol. The number of carbonyl (C=O) groups excluding carboxylic acids is 1. The van der Waals surface area contributed by atoms with E-state index in [1.54, 1.807) is 27.7 Å². The minimum absolute atomic E-state index is 0.0774. The first-order valence-corrected chi connectivity index (χ1v) is 9.70. The molecule has 5 rings (SSSR count). The first-order chi connectivity index (χ1) is 15.1. The lowest BCUT2D eigenvalue weighted by Crippen LogP contribution is -2.25. The van der Waals surface area contributed by atoms with Gasteiger partial charge in [-0.05, 0) is 30.3 Å². The maximum Gasteiger partial charge on any atom is 0.231 e. The number of ether oxygens (including phenoxy) is 5. The Bertz CT molecular complexity index is 1160. The van der Waals surface area contributed by atoms with Gasteiger partial charge in [-0.25, -0.2) is 4.98 Å². The molecule has 1 unspecified atom stereocenters. The van der Waals surface area contributed by atoms with Gasteiger partial charge in [-0.2, -0.15) is 0 Å². The van der Waals surface area contributed by atoms with Gasteiger partial charge in [0.05, 0.1) is 27.0 Å². The summed E-state index contributed by atoms with van der Waals surface area (Å²) < 4.78 is 29.4. The molecule has 1 amide bonds. The highest BCUT2D eigenvalue weighted by atomic mass is 16.7. The predicted molar refractivity (Wildman–Crippen MR) is 111 cm³/mol. The van der Waals surface area contributed by atoms with Gasteiger partial charge >= 0.3 is 0 Å². The van der Waals surface area contributed by atoms with Gasteiger partial charge in [-0.3, -0.25) is 9.36 Å².